The molecule has 2 heterocycles. The van der Waals surface area contributed by atoms with Crippen LogP contribution in [0.25, 0.3) is 22.4 Å². The third kappa shape index (κ3) is 2.44. The van der Waals surface area contributed by atoms with Gasteiger partial charge < -0.3 is 4.57 Å². The van der Waals surface area contributed by atoms with Gasteiger partial charge in [0, 0.05) is 12.7 Å². The van der Waals surface area contributed by atoms with Crippen LogP contribution in [0.5, 0.6) is 0 Å². The zero-order valence-electron chi connectivity index (χ0n) is 13.1. The van der Waals surface area contributed by atoms with Crippen LogP contribution in [-0.4, -0.2) is 9.55 Å². The summed E-state index contributed by atoms with van der Waals surface area (Å²) in [6.45, 7) is 6.26. The van der Waals surface area contributed by atoms with Crippen molar-refractivity contribution in [1.82, 2.24) is 9.55 Å². The Balaban J connectivity index is 1.98. The molecule has 0 saturated carbocycles. The number of nitriles is 1. The molecule has 0 aliphatic rings. The molecule has 1 aromatic carbocycles. The van der Waals surface area contributed by atoms with Crippen LogP contribution in [0.1, 0.15) is 33.1 Å². The molecule has 2 aromatic heterocycles. The first-order chi connectivity index (χ1) is 10.5. The van der Waals surface area contributed by atoms with Gasteiger partial charge >= 0.3 is 0 Å². The van der Waals surface area contributed by atoms with E-state index in [-0.39, 0.29) is 0 Å². The lowest BCUT2D eigenvalue weighted by molar-refractivity contribution is 0.865. The second-order valence-corrected chi connectivity index (χ2v) is 6.59. The lowest BCUT2D eigenvalue weighted by Gasteiger charge is -1.97. The zero-order chi connectivity index (χ0) is 15.9. The molecule has 0 spiro atoms. The Morgan fingerprint density at radius 3 is 2.55 bits per heavy atom. The Kier molecular flexibility index (Phi) is 3.59. The molecule has 0 radical (unpaired) electrons. The van der Waals surface area contributed by atoms with Crippen molar-refractivity contribution < 1.29 is 0 Å². The average Bonchev–Trinajstić information content (AvgIpc) is 3.00. The number of nitrogens with zero attached hydrogens (tertiary/aromatic N) is 3. The van der Waals surface area contributed by atoms with E-state index in [0.717, 1.165) is 21.8 Å². The maximum absolute atomic E-state index is 9.08. The summed E-state index contributed by atoms with van der Waals surface area (Å²) in [7, 11) is 1.91. The summed E-state index contributed by atoms with van der Waals surface area (Å²) in [6, 6.07) is 8.45. The minimum absolute atomic E-state index is 0.674. The first kappa shape index (κ1) is 14.6. The molecular formula is C18H17N3S. The van der Waals surface area contributed by atoms with Crippen LogP contribution in [0.15, 0.2) is 18.2 Å². The van der Waals surface area contributed by atoms with Crippen LogP contribution in [-0.2, 0) is 7.05 Å². The van der Waals surface area contributed by atoms with Gasteiger partial charge in [-0.05, 0) is 61.7 Å². The van der Waals surface area contributed by atoms with E-state index in [4.69, 9.17) is 5.26 Å². The molecule has 3 aromatic rings. The molecule has 22 heavy (non-hydrogen) atoms. The van der Waals surface area contributed by atoms with E-state index in [0.29, 0.717) is 5.69 Å². The van der Waals surface area contributed by atoms with Gasteiger partial charge in [-0.2, -0.15) is 5.26 Å². The van der Waals surface area contributed by atoms with Crippen LogP contribution >= 0.6 is 11.3 Å². The first-order valence-corrected chi connectivity index (χ1v) is 7.93. The van der Waals surface area contributed by atoms with Gasteiger partial charge in [0.05, 0.1) is 10.2 Å². The Hall–Kier alpha value is -2.38. The molecule has 4 heteroatoms. The molecule has 0 aliphatic heterocycles. The van der Waals surface area contributed by atoms with Gasteiger partial charge in [0.2, 0.25) is 0 Å². The normalized spacial score (nSPS) is 11.4. The molecule has 3 nitrogen and oxygen atoms in total. The molecule has 0 unspecified atom stereocenters. The predicted molar refractivity (Wildman–Crippen MR) is 92.9 cm³/mol. The predicted octanol–water partition coefficient (Wildman–Crippen LogP) is 4.60. The molecule has 0 bridgehead atoms. The summed E-state index contributed by atoms with van der Waals surface area (Å²) in [5.74, 6) is 0. The fourth-order valence-electron chi connectivity index (χ4n) is 2.43. The first-order valence-electron chi connectivity index (χ1n) is 7.12. The third-order valence-electron chi connectivity index (χ3n) is 4.11. The fraction of sp³-hybridized carbons (Fsp3) is 0.222. The number of benzene rings is 1. The number of fused-ring (bicyclic) bond motifs is 1. The monoisotopic (exact) mass is 307 g/mol. The van der Waals surface area contributed by atoms with Crippen LogP contribution in [0.4, 0.5) is 0 Å². The number of rotatable bonds is 2. The van der Waals surface area contributed by atoms with Crippen molar-refractivity contribution in [3.8, 4) is 6.07 Å². The van der Waals surface area contributed by atoms with Crippen molar-refractivity contribution in [1.29, 1.82) is 5.26 Å². The topological polar surface area (TPSA) is 41.6 Å². The maximum atomic E-state index is 9.08. The Bertz CT molecular complexity index is 897. The lowest BCUT2D eigenvalue weighted by atomic mass is 10.1. The number of hydrogen-bond donors (Lipinski definition) is 0. The van der Waals surface area contributed by atoms with E-state index in [1.165, 1.54) is 15.8 Å². The highest BCUT2D eigenvalue weighted by atomic mass is 32.1. The molecule has 0 amide bonds. The minimum atomic E-state index is 0.674. The highest BCUT2D eigenvalue weighted by Crippen LogP contribution is 2.27. The van der Waals surface area contributed by atoms with Gasteiger partial charge in [-0.1, -0.05) is 6.08 Å². The Morgan fingerprint density at radius 1 is 1.14 bits per heavy atom. The molecule has 0 atom stereocenters. The van der Waals surface area contributed by atoms with Crippen molar-refractivity contribution in [2.24, 2.45) is 7.05 Å². The number of aromatic nitrogens is 2. The summed E-state index contributed by atoms with van der Waals surface area (Å²) in [5, 5.41) is 10.1. The van der Waals surface area contributed by atoms with Gasteiger partial charge in [0.15, 0.2) is 0 Å². The van der Waals surface area contributed by atoms with Crippen molar-refractivity contribution >= 4 is 33.7 Å². The van der Waals surface area contributed by atoms with Crippen molar-refractivity contribution in [2.45, 2.75) is 20.8 Å². The zero-order valence-corrected chi connectivity index (χ0v) is 14.0. The van der Waals surface area contributed by atoms with Crippen LogP contribution in [0.3, 0.4) is 0 Å². The largest absolute Gasteiger partial charge is 0.339 e. The van der Waals surface area contributed by atoms with Crippen molar-refractivity contribution in [3.63, 3.8) is 0 Å². The van der Waals surface area contributed by atoms with Gasteiger partial charge in [0.25, 0.3) is 0 Å². The highest BCUT2D eigenvalue weighted by molar-refractivity contribution is 7.19. The number of thiazole rings is 1. The van der Waals surface area contributed by atoms with Crippen molar-refractivity contribution in [3.05, 3.63) is 51.3 Å². The van der Waals surface area contributed by atoms with Gasteiger partial charge in [0.1, 0.15) is 16.8 Å². The van der Waals surface area contributed by atoms with E-state index < -0.39 is 0 Å². The van der Waals surface area contributed by atoms with E-state index in [1.807, 2.05) is 36.8 Å². The summed E-state index contributed by atoms with van der Waals surface area (Å²) >= 11 is 1.69. The van der Waals surface area contributed by atoms with Crippen molar-refractivity contribution in [2.75, 3.05) is 0 Å². The number of aryl methyl sites for hydroxylation is 2. The second-order valence-electron chi connectivity index (χ2n) is 5.53. The molecular weight excluding hydrogens is 290 g/mol. The van der Waals surface area contributed by atoms with Crippen LogP contribution < -0.4 is 0 Å². The van der Waals surface area contributed by atoms with E-state index >= 15 is 0 Å². The molecule has 3 rings (SSSR count). The highest BCUT2D eigenvalue weighted by Gasteiger charge is 2.07. The Labute approximate surface area is 134 Å². The molecule has 110 valence electrons. The molecule has 0 aliphatic carbocycles. The van der Waals surface area contributed by atoms with E-state index in [1.54, 1.807) is 11.3 Å². The number of hydrogen-bond acceptors (Lipinski definition) is 3. The summed E-state index contributed by atoms with van der Waals surface area (Å²) in [6.07, 6.45) is 4.06. The van der Waals surface area contributed by atoms with E-state index in [9.17, 15) is 0 Å². The standard InChI is InChI=1S/C18H17N3S/c1-11-7-16-17(8-12(11)2)22-18(20-16)6-5-14-9-15(10-19)21(4)13(14)3/h5-9H,1-4H3/b6-5+. The average molecular weight is 307 g/mol. The van der Waals surface area contributed by atoms with Crippen LogP contribution in [0.2, 0.25) is 0 Å². The summed E-state index contributed by atoms with van der Waals surface area (Å²) in [5.41, 5.74) is 6.43. The van der Waals surface area contributed by atoms with Crippen LogP contribution in [0, 0.1) is 32.1 Å². The second kappa shape index (κ2) is 5.43. The SMILES string of the molecule is Cc1cc2nc(/C=C/c3cc(C#N)n(C)c3C)sc2cc1C. The lowest BCUT2D eigenvalue weighted by Crippen LogP contribution is -1.93. The van der Waals surface area contributed by atoms with Gasteiger partial charge in [-0.25, -0.2) is 4.98 Å². The molecule has 0 fully saturated rings. The maximum Gasteiger partial charge on any atom is 0.120 e. The summed E-state index contributed by atoms with van der Waals surface area (Å²) < 4.78 is 3.12. The minimum Gasteiger partial charge on any atom is -0.339 e. The Morgan fingerprint density at radius 2 is 1.86 bits per heavy atom. The quantitative estimate of drug-likeness (QED) is 0.694. The smallest absolute Gasteiger partial charge is 0.120 e. The van der Waals surface area contributed by atoms with Gasteiger partial charge in [-0.15, -0.1) is 11.3 Å². The third-order valence-corrected chi connectivity index (χ3v) is 5.10. The molecule has 0 N–H and O–H groups in total. The molecule has 0 saturated heterocycles. The van der Waals surface area contributed by atoms with Gasteiger partial charge in [-0.3, -0.25) is 0 Å². The fourth-order valence-corrected chi connectivity index (χ4v) is 3.38. The van der Waals surface area contributed by atoms with E-state index in [2.05, 4.69) is 37.0 Å². The summed E-state index contributed by atoms with van der Waals surface area (Å²) in [4.78, 5) is 4.67.